The first kappa shape index (κ1) is 18.1. The quantitative estimate of drug-likeness (QED) is 0.862. The van der Waals surface area contributed by atoms with E-state index in [9.17, 15) is 4.79 Å². The Kier molecular flexibility index (Phi) is 8.47. The van der Waals surface area contributed by atoms with E-state index >= 15 is 0 Å². The van der Waals surface area contributed by atoms with E-state index in [4.69, 9.17) is 0 Å². The summed E-state index contributed by atoms with van der Waals surface area (Å²) in [7, 11) is 0. The van der Waals surface area contributed by atoms with Gasteiger partial charge in [0, 0.05) is 11.0 Å². The molecule has 2 rings (SSSR count). The van der Waals surface area contributed by atoms with E-state index in [0.29, 0.717) is 6.47 Å². The lowest BCUT2D eigenvalue weighted by Crippen LogP contribution is -2.29. The van der Waals surface area contributed by atoms with Gasteiger partial charge in [0.05, 0.1) is 0 Å². The molecule has 0 saturated carbocycles. The van der Waals surface area contributed by atoms with Gasteiger partial charge in [-0.15, -0.1) is 0 Å². The van der Waals surface area contributed by atoms with Crippen LogP contribution < -0.4 is 5.32 Å². The fourth-order valence-corrected chi connectivity index (χ4v) is 3.08. The van der Waals surface area contributed by atoms with E-state index < -0.39 is 0 Å². The molecule has 118 valence electrons. The minimum Gasteiger partial charge on any atom is -0.462 e. The minimum absolute atomic E-state index is 0.318. The fraction of sp³-hybridized carbons (Fsp3) is 0.588. The molecular weight excluding hydrogens is 282 g/mol. The summed E-state index contributed by atoms with van der Waals surface area (Å²) in [5.74, 6) is 1.17. The molecule has 1 aliphatic heterocycles. The Labute approximate surface area is 132 Å². The van der Waals surface area contributed by atoms with E-state index in [1.165, 1.54) is 37.2 Å². The molecule has 0 unspecified atom stereocenters. The smallest absolute Gasteiger partial charge is 0.293 e. The van der Waals surface area contributed by atoms with E-state index in [2.05, 4.69) is 52.1 Å². The van der Waals surface area contributed by atoms with Gasteiger partial charge in [0.25, 0.3) is 6.47 Å². The summed E-state index contributed by atoms with van der Waals surface area (Å²) in [4.78, 5) is 9.60. The van der Waals surface area contributed by atoms with Crippen LogP contribution >= 0.6 is 11.8 Å². The average Bonchev–Trinajstić information content (AvgIpc) is 2.47. The highest BCUT2D eigenvalue weighted by Gasteiger charge is 2.12. The summed E-state index contributed by atoms with van der Waals surface area (Å²) in [6.45, 7) is 8.32. The molecule has 1 saturated heterocycles. The standard InChI is InChI=1S/C12H17NS.C5H10O2/c1-2-4-11(5-3-1)10-14-12-6-8-13-9-7-12;1-5(2,3)7-4-6/h1-5,12-13H,6-10H2;4H,1-3H3. The number of ether oxygens (including phenoxy) is 1. The molecule has 21 heavy (non-hydrogen) atoms. The number of rotatable bonds is 4. The van der Waals surface area contributed by atoms with Crippen LogP contribution in [0.1, 0.15) is 39.2 Å². The SMILES string of the molecule is CC(C)(C)OC=O.c1ccc(CSC2CCNCC2)cc1. The molecule has 4 heteroatoms. The second-order valence-electron chi connectivity index (χ2n) is 6.07. The summed E-state index contributed by atoms with van der Waals surface area (Å²) in [6.07, 6.45) is 2.66. The van der Waals surface area contributed by atoms with Gasteiger partial charge in [-0.2, -0.15) is 11.8 Å². The topological polar surface area (TPSA) is 38.3 Å². The molecule has 1 aromatic carbocycles. The second kappa shape index (κ2) is 9.85. The van der Waals surface area contributed by atoms with Crippen molar-refractivity contribution in [3.05, 3.63) is 35.9 Å². The number of hydrogen-bond donors (Lipinski definition) is 1. The van der Waals surface area contributed by atoms with Crippen molar-refractivity contribution in [2.24, 2.45) is 0 Å². The molecule has 0 aliphatic carbocycles. The van der Waals surface area contributed by atoms with Crippen LogP contribution in [0.15, 0.2) is 30.3 Å². The summed E-state index contributed by atoms with van der Waals surface area (Å²) >= 11 is 2.11. The normalized spacial score (nSPS) is 15.8. The maximum Gasteiger partial charge on any atom is 0.293 e. The molecule has 3 nitrogen and oxygen atoms in total. The van der Waals surface area contributed by atoms with E-state index in [1.807, 2.05) is 20.8 Å². The molecule has 0 amide bonds. The highest BCUT2D eigenvalue weighted by atomic mass is 32.2. The van der Waals surface area contributed by atoms with Gasteiger partial charge in [0.15, 0.2) is 0 Å². The first-order valence-corrected chi connectivity index (χ1v) is 8.54. The number of thioether (sulfide) groups is 1. The van der Waals surface area contributed by atoms with E-state index in [0.717, 1.165) is 5.25 Å². The van der Waals surface area contributed by atoms with Crippen LogP contribution in [0.25, 0.3) is 0 Å². The molecule has 1 N–H and O–H groups in total. The van der Waals surface area contributed by atoms with Gasteiger partial charge in [0.2, 0.25) is 0 Å². The molecule has 0 aromatic heterocycles. The maximum absolute atomic E-state index is 9.60. The Hall–Kier alpha value is -1.00. The van der Waals surface area contributed by atoms with Crippen LogP contribution in [0.5, 0.6) is 0 Å². The minimum atomic E-state index is -0.318. The Balaban J connectivity index is 0.000000270. The van der Waals surface area contributed by atoms with Gasteiger partial charge in [-0.25, -0.2) is 0 Å². The lowest BCUT2D eigenvalue weighted by molar-refractivity contribution is -0.138. The molecule has 1 fully saturated rings. The molecule has 0 atom stereocenters. The number of carbonyl (C=O) groups is 1. The van der Waals surface area contributed by atoms with Crippen molar-refractivity contribution < 1.29 is 9.53 Å². The number of hydrogen-bond acceptors (Lipinski definition) is 4. The molecule has 1 heterocycles. The highest BCUT2D eigenvalue weighted by Crippen LogP contribution is 2.23. The van der Waals surface area contributed by atoms with E-state index in [-0.39, 0.29) is 5.60 Å². The largest absolute Gasteiger partial charge is 0.462 e. The van der Waals surface area contributed by atoms with Crippen molar-refractivity contribution in [1.82, 2.24) is 5.32 Å². The zero-order chi connectivity index (χ0) is 15.6. The van der Waals surface area contributed by atoms with Gasteiger partial charge in [-0.05, 0) is 52.3 Å². The van der Waals surface area contributed by atoms with Gasteiger partial charge >= 0.3 is 0 Å². The molecule has 0 radical (unpaired) electrons. The Morgan fingerprint density at radius 3 is 2.33 bits per heavy atom. The third kappa shape index (κ3) is 9.53. The predicted molar refractivity (Wildman–Crippen MR) is 90.5 cm³/mol. The van der Waals surface area contributed by atoms with Crippen molar-refractivity contribution >= 4 is 18.2 Å². The lowest BCUT2D eigenvalue weighted by atomic mass is 10.2. The molecule has 1 aromatic rings. The highest BCUT2D eigenvalue weighted by molar-refractivity contribution is 7.99. The van der Waals surface area contributed by atoms with Crippen molar-refractivity contribution in [1.29, 1.82) is 0 Å². The number of benzene rings is 1. The molecule has 1 aliphatic rings. The van der Waals surface area contributed by atoms with Crippen molar-refractivity contribution in [3.63, 3.8) is 0 Å². The predicted octanol–water partition coefficient (Wildman–Crippen LogP) is 3.63. The van der Waals surface area contributed by atoms with Gasteiger partial charge in [-0.3, -0.25) is 4.79 Å². The zero-order valence-corrected chi connectivity index (χ0v) is 14.1. The number of piperidine rings is 1. The van der Waals surface area contributed by atoms with Crippen LogP contribution in [0.3, 0.4) is 0 Å². The third-order valence-electron chi connectivity index (χ3n) is 3.02. The fourth-order valence-electron chi connectivity index (χ4n) is 1.89. The van der Waals surface area contributed by atoms with Crippen LogP contribution in [0.4, 0.5) is 0 Å². The number of carbonyl (C=O) groups excluding carboxylic acids is 1. The first-order valence-electron chi connectivity index (χ1n) is 7.49. The summed E-state index contributed by atoms with van der Waals surface area (Å²) in [5.41, 5.74) is 1.14. The van der Waals surface area contributed by atoms with Gasteiger partial charge in [0.1, 0.15) is 5.60 Å². The summed E-state index contributed by atoms with van der Waals surface area (Å²) in [6, 6.07) is 10.8. The second-order valence-corrected chi connectivity index (χ2v) is 7.36. The maximum atomic E-state index is 9.60. The molecule has 0 bridgehead atoms. The molecular formula is C17H27NO2S. The Morgan fingerprint density at radius 2 is 1.86 bits per heavy atom. The summed E-state index contributed by atoms with van der Waals surface area (Å²) < 4.78 is 4.55. The monoisotopic (exact) mass is 309 g/mol. The first-order chi connectivity index (χ1) is 10.0. The Morgan fingerprint density at radius 1 is 1.24 bits per heavy atom. The van der Waals surface area contributed by atoms with Crippen LogP contribution in [0, 0.1) is 0 Å². The van der Waals surface area contributed by atoms with Crippen LogP contribution in [0.2, 0.25) is 0 Å². The zero-order valence-electron chi connectivity index (χ0n) is 13.3. The van der Waals surface area contributed by atoms with Crippen molar-refractivity contribution in [3.8, 4) is 0 Å². The van der Waals surface area contributed by atoms with E-state index in [1.54, 1.807) is 0 Å². The molecule has 0 spiro atoms. The number of nitrogens with one attached hydrogen (secondary N) is 1. The van der Waals surface area contributed by atoms with Gasteiger partial charge in [-0.1, -0.05) is 30.3 Å². The lowest BCUT2D eigenvalue weighted by Gasteiger charge is -2.21. The summed E-state index contributed by atoms with van der Waals surface area (Å²) in [5, 5.41) is 4.27. The van der Waals surface area contributed by atoms with Crippen molar-refractivity contribution in [2.45, 2.75) is 50.2 Å². The van der Waals surface area contributed by atoms with Crippen LogP contribution in [-0.2, 0) is 15.3 Å². The van der Waals surface area contributed by atoms with Gasteiger partial charge < -0.3 is 10.1 Å². The van der Waals surface area contributed by atoms with Crippen molar-refractivity contribution in [2.75, 3.05) is 13.1 Å². The average molecular weight is 309 g/mol. The Bertz CT molecular complexity index is 384. The van der Waals surface area contributed by atoms with Crippen LogP contribution in [-0.4, -0.2) is 30.4 Å². The third-order valence-corrected chi connectivity index (χ3v) is 4.46.